The highest BCUT2D eigenvalue weighted by Crippen LogP contribution is 2.15. The van der Waals surface area contributed by atoms with Gasteiger partial charge in [-0.3, -0.25) is 4.79 Å². The molecule has 6 heteroatoms. The molecule has 110 valence electrons. The van der Waals surface area contributed by atoms with Gasteiger partial charge >= 0.3 is 0 Å². The molecule has 0 aliphatic carbocycles. The van der Waals surface area contributed by atoms with Crippen molar-refractivity contribution in [3.8, 4) is 0 Å². The summed E-state index contributed by atoms with van der Waals surface area (Å²) in [5.74, 6) is 0.498. The number of aromatic nitrogens is 2. The van der Waals surface area contributed by atoms with Crippen molar-refractivity contribution >= 4 is 17.4 Å². The minimum atomic E-state index is -0.240. The zero-order valence-corrected chi connectivity index (χ0v) is 12.2. The van der Waals surface area contributed by atoms with Crippen molar-refractivity contribution in [3.05, 3.63) is 47.7 Å². The van der Waals surface area contributed by atoms with Crippen molar-refractivity contribution in [1.29, 1.82) is 0 Å². The van der Waals surface area contributed by atoms with Crippen molar-refractivity contribution in [3.63, 3.8) is 0 Å². The molecule has 21 heavy (non-hydrogen) atoms. The molecule has 3 N–H and O–H groups in total. The first-order valence-corrected chi connectivity index (χ1v) is 6.79. The topological polar surface area (TPSA) is 84.1 Å². The summed E-state index contributed by atoms with van der Waals surface area (Å²) < 4.78 is 0. The van der Waals surface area contributed by atoms with Gasteiger partial charge in [0.15, 0.2) is 11.5 Å². The lowest BCUT2D eigenvalue weighted by Crippen LogP contribution is -2.25. The number of nitrogens with zero attached hydrogens (tertiary/aromatic N) is 3. The summed E-state index contributed by atoms with van der Waals surface area (Å²) in [5.41, 5.74) is 7.88. The number of carbonyl (C=O) groups excluding carboxylic acids is 1. The monoisotopic (exact) mass is 285 g/mol. The first-order chi connectivity index (χ1) is 10.1. The minimum absolute atomic E-state index is 0.240. The summed E-state index contributed by atoms with van der Waals surface area (Å²) in [7, 11) is 1.57. The van der Waals surface area contributed by atoms with Crippen LogP contribution in [0.3, 0.4) is 0 Å². The highest BCUT2D eigenvalue weighted by molar-refractivity contribution is 5.91. The van der Waals surface area contributed by atoms with Crippen molar-refractivity contribution in [2.24, 2.45) is 0 Å². The molecule has 2 aromatic rings. The number of amides is 1. The Balaban J connectivity index is 2.13. The second-order valence-electron chi connectivity index (χ2n) is 4.61. The average Bonchev–Trinajstić information content (AvgIpc) is 2.54. The smallest absolute Gasteiger partial charge is 0.271 e. The Morgan fingerprint density at radius 3 is 2.43 bits per heavy atom. The maximum atomic E-state index is 11.4. The maximum Gasteiger partial charge on any atom is 0.271 e. The highest BCUT2D eigenvalue weighted by Gasteiger charge is 2.10. The summed E-state index contributed by atoms with van der Waals surface area (Å²) in [6.07, 6.45) is 0. The number of nitrogen functional groups attached to an aromatic ring is 1. The van der Waals surface area contributed by atoms with Gasteiger partial charge in [0.25, 0.3) is 5.91 Å². The molecule has 0 bridgehead atoms. The lowest BCUT2D eigenvalue weighted by atomic mass is 10.2. The number of hydrogen-bond donors (Lipinski definition) is 2. The van der Waals surface area contributed by atoms with E-state index in [0.717, 1.165) is 23.6 Å². The number of hydrogen-bond acceptors (Lipinski definition) is 5. The fourth-order valence-electron chi connectivity index (χ4n) is 1.94. The SMILES string of the molecule is CCN(Cc1ccc(N)cc1)c1ccc(C(=O)NC)nn1. The lowest BCUT2D eigenvalue weighted by molar-refractivity contribution is 0.0957. The van der Waals surface area contributed by atoms with Gasteiger partial charge in [0, 0.05) is 25.8 Å². The molecule has 2 rings (SSSR count). The van der Waals surface area contributed by atoms with Gasteiger partial charge in [0.05, 0.1) is 0 Å². The summed E-state index contributed by atoms with van der Waals surface area (Å²) in [6, 6.07) is 11.2. The van der Waals surface area contributed by atoms with Crippen LogP contribution in [-0.4, -0.2) is 29.7 Å². The summed E-state index contributed by atoms with van der Waals surface area (Å²) in [6.45, 7) is 3.55. The Hall–Kier alpha value is -2.63. The molecule has 1 heterocycles. The first-order valence-electron chi connectivity index (χ1n) is 6.79. The average molecular weight is 285 g/mol. The Bertz CT molecular complexity index is 594. The lowest BCUT2D eigenvalue weighted by Gasteiger charge is -2.21. The molecule has 0 saturated carbocycles. The number of benzene rings is 1. The van der Waals surface area contributed by atoms with Gasteiger partial charge in [-0.15, -0.1) is 10.2 Å². The number of anilines is 2. The van der Waals surface area contributed by atoms with Crippen LogP contribution in [0, 0.1) is 0 Å². The molecule has 6 nitrogen and oxygen atoms in total. The Kier molecular flexibility index (Phi) is 4.71. The van der Waals surface area contributed by atoms with E-state index in [0.29, 0.717) is 12.2 Å². The van der Waals surface area contributed by atoms with E-state index < -0.39 is 0 Å². The molecule has 0 saturated heterocycles. The van der Waals surface area contributed by atoms with Gasteiger partial charge in [-0.1, -0.05) is 12.1 Å². The number of nitrogens with one attached hydrogen (secondary N) is 1. The zero-order chi connectivity index (χ0) is 15.2. The van der Waals surface area contributed by atoms with Crippen LogP contribution in [0.1, 0.15) is 23.0 Å². The van der Waals surface area contributed by atoms with Gasteiger partial charge in [0.2, 0.25) is 0 Å². The zero-order valence-electron chi connectivity index (χ0n) is 12.2. The van der Waals surface area contributed by atoms with Crippen LogP contribution in [0.25, 0.3) is 0 Å². The third-order valence-corrected chi connectivity index (χ3v) is 3.17. The van der Waals surface area contributed by atoms with Crippen LogP contribution < -0.4 is 16.0 Å². The molecule has 1 amide bonds. The van der Waals surface area contributed by atoms with Crippen LogP contribution in [0.15, 0.2) is 36.4 Å². The van der Waals surface area contributed by atoms with E-state index in [1.165, 1.54) is 0 Å². The molecule has 1 aromatic carbocycles. The number of nitrogens with two attached hydrogens (primary N) is 1. The van der Waals surface area contributed by atoms with E-state index in [-0.39, 0.29) is 5.91 Å². The van der Waals surface area contributed by atoms with E-state index in [2.05, 4.69) is 20.4 Å². The van der Waals surface area contributed by atoms with Crippen molar-refractivity contribution < 1.29 is 4.79 Å². The summed E-state index contributed by atoms with van der Waals surface area (Å²) in [4.78, 5) is 13.5. The van der Waals surface area contributed by atoms with Gasteiger partial charge in [-0.05, 0) is 36.8 Å². The van der Waals surface area contributed by atoms with Gasteiger partial charge in [0.1, 0.15) is 0 Å². The molecule has 0 spiro atoms. The molecular formula is C15H19N5O. The molecule has 0 aliphatic heterocycles. The van der Waals surface area contributed by atoms with Gasteiger partial charge in [-0.25, -0.2) is 0 Å². The van der Waals surface area contributed by atoms with E-state index in [9.17, 15) is 4.79 Å². The maximum absolute atomic E-state index is 11.4. The van der Waals surface area contributed by atoms with E-state index in [1.807, 2.05) is 31.2 Å². The third kappa shape index (κ3) is 3.68. The largest absolute Gasteiger partial charge is 0.399 e. The predicted molar refractivity (Wildman–Crippen MR) is 83.0 cm³/mol. The Labute approximate surface area is 124 Å². The molecule has 0 fully saturated rings. The summed E-state index contributed by atoms with van der Waals surface area (Å²) >= 11 is 0. The van der Waals surface area contributed by atoms with Gasteiger partial charge in [-0.2, -0.15) is 0 Å². The Morgan fingerprint density at radius 2 is 1.90 bits per heavy atom. The van der Waals surface area contributed by atoms with E-state index in [4.69, 9.17) is 5.73 Å². The van der Waals surface area contributed by atoms with Crippen molar-refractivity contribution in [2.45, 2.75) is 13.5 Å². The second kappa shape index (κ2) is 6.69. The number of carbonyl (C=O) groups is 1. The molecule has 1 aromatic heterocycles. The van der Waals surface area contributed by atoms with Crippen LogP contribution in [0.4, 0.5) is 11.5 Å². The molecule has 0 atom stereocenters. The number of rotatable bonds is 5. The minimum Gasteiger partial charge on any atom is -0.399 e. The standard InChI is InChI=1S/C15H19N5O/c1-3-20(10-11-4-6-12(16)7-5-11)14-9-8-13(18-19-14)15(21)17-2/h4-9H,3,10,16H2,1-2H3,(H,17,21). The van der Waals surface area contributed by atoms with Gasteiger partial charge < -0.3 is 16.0 Å². The van der Waals surface area contributed by atoms with Crippen LogP contribution >= 0.6 is 0 Å². The quantitative estimate of drug-likeness (QED) is 0.812. The fraction of sp³-hybridized carbons (Fsp3) is 0.267. The fourth-order valence-corrected chi connectivity index (χ4v) is 1.94. The van der Waals surface area contributed by atoms with Crippen molar-refractivity contribution in [1.82, 2.24) is 15.5 Å². The first kappa shape index (κ1) is 14.8. The van der Waals surface area contributed by atoms with Crippen LogP contribution in [0.2, 0.25) is 0 Å². The summed E-state index contributed by atoms with van der Waals surface area (Å²) in [5, 5.41) is 10.6. The molecular weight excluding hydrogens is 266 g/mol. The van der Waals surface area contributed by atoms with E-state index >= 15 is 0 Å². The normalized spacial score (nSPS) is 10.2. The van der Waals surface area contributed by atoms with Crippen LogP contribution in [0.5, 0.6) is 0 Å². The highest BCUT2D eigenvalue weighted by atomic mass is 16.1. The van der Waals surface area contributed by atoms with Crippen LogP contribution in [-0.2, 0) is 6.54 Å². The van der Waals surface area contributed by atoms with E-state index in [1.54, 1.807) is 19.2 Å². The molecule has 0 aliphatic rings. The molecule has 0 unspecified atom stereocenters. The molecule has 0 radical (unpaired) electrons. The van der Waals surface area contributed by atoms with Crippen molar-refractivity contribution in [2.75, 3.05) is 24.2 Å². The predicted octanol–water partition coefficient (Wildman–Crippen LogP) is 1.44. The Morgan fingerprint density at radius 1 is 1.19 bits per heavy atom. The third-order valence-electron chi connectivity index (χ3n) is 3.17. The second-order valence-corrected chi connectivity index (χ2v) is 4.61.